The smallest absolute Gasteiger partial charge is 0.351 e. The van der Waals surface area contributed by atoms with Crippen molar-refractivity contribution in [2.75, 3.05) is 6.61 Å². The van der Waals surface area contributed by atoms with E-state index < -0.39 is 11.6 Å². The van der Waals surface area contributed by atoms with Gasteiger partial charge in [-0.05, 0) is 29.8 Å². The molecular formula is C16H12O5. The number of aromatic hydroxyl groups is 1. The number of ether oxygens (including phenoxy) is 1. The summed E-state index contributed by atoms with van der Waals surface area (Å²) in [5.41, 5.74) is -0.946. The molecule has 0 bridgehead atoms. The summed E-state index contributed by atoms with van der Waals surface area (Å²) in [7, 11) is 0. The Labute approximate surface area is 119 Å². The molecule has 1 heterocycles. The van der Waals surface area contributed by atoms with E-state index in [-0.39, 0.29) is 23.5 Å². The van der Waals surface area contributed by atoms with Crippen molar-refractivity contribution in [2.24, 2.45) is 0 Å². The molecule has 0 saturated heterocycles. The Kier molecular flexibility index (Phi) is 3.10. The number of phenols is 1. The van der Waals surface area contributed by atoms with Gasteiger partial charge in [-0.15, -0.1) is 0 Å². The first-order valence-corrected chi connectivity index (χ1v) is 6.47. The zero-order valence-corrected chi connectivity index (χ0v) is 11.3. The first-order valence-electron chi connectivity index (χ1n) is 6.47. The molecule has 0 spiro atoms. The Hall–Kier alpha value is -2.82. The van der Waals surface area contributed by atoms with Crippen molar-refractivity contribution >= 4 is 27.7 Å². The minimum atomic E-state index is -0.827. The number of phenolic OH excluding ortho intramolecular Hbond substituents is 1. The molecule has 5 nitrogen and oxygen atoms in total. The summed E-state index contributed by atoms with van der Waals surface area (Å²) >= 11 is 0. The Bertz CT molecular complexity index is 908. The molecule has 0 fully saturated rings. The fraction of sp³-hybridized carbons (Fsp3) is 0.125. The van der Waals surface area contributed by atoms with Crippen molar-refractivity contribution in [1.29, 1.82) is 0 Å². The highest BCUT2D eigenvalue weighted by Gasteiger charge is 2.17. The number of hydrogen-bond acceptors (Lipinski definition) is 5. The van der Waals surface area contributed by atoms with Gasteiger partial charge in [0.15, 0.2) is 11.3 Å². The predicted molar refractivity (Wildman–Crippen MR) is 77.6 cm³/mol. The van der Waals surface area contributed by atoms with Gasteiger partial charge in [-0.1, -0.05) is 24.3 Å². The number of esters is 1. The fourth-order valence-corrected chi connectivity index (χ4v) is 2.29. The van der Waals surface area contributed by atoms with Crippen molar-refractivity contribution in [2.45, 2.75) is 6.92 Å². The van der Waals surface area contributed by atoms with Gasteiger partial charge >= 0.3 is 11.6 Å². The highest BCUT2D eigenvalue weighted by molar-refractivity contribution is 6.09. The summed E-state index contributed by atoms with van der Waals surface area (Å²) in [6, 6.07) is 10.2. The van der Waals surface area contributed by atoms with Gasteiger partial charge in [0, 0.05) is 5.39 Å². The maximum absolute atomic E-state index is 11.9. The molecule has 5 heteroatoms. The van der Waals surface area contributed by atoms with Gasteiger partial charge < -0.3 is 14.3 Å². The average molecular weight is 284 g/mol. The summed E-state index contributed by atoms with van der Waals surface area (Å²) in [5, 5.41) is 12.0. The van der Waals surface area contributed by atoms with E-state index in [9.17, 15) is 14.7 Å². The SMILES string of the molecule is CCOC(=O)c1cc2c(oc1=O)c(O)cc1ccccc12. The lowest BCUT2D eigenvalue weighted by molar-refractivity contribution is 0.0521. The second kappa shape index (κ2) is 4.94. The van der Waals surface area contributed by atoms with Crippen LogP contribution in [0.1, 0.15) is 17.3 Å². The van der Waals surface area contributed by atoms with Crippen molar-refractivity contribution in [3.8, 4) is 5.75 Å². The Morgan fingerprint density at radius 2 is 2.00 bits per heavy atom. The van der Waals surface area contributed by atoms with Crippen molar-refractivity contribution < 1.29 is 19.1 Å². The van der Waals surface area contributed by atoms with Crippen LogP contribution in [0.3, 0.4) is 0 Å². The molecule has 0 unspecified atom stereocenters. The number of benzene rings is 2. The molecule has 2 aromatic carbocycles. The molecule has 3 rings (SSSR count). The topological polar surface area (TPSA) is 76.7 Å². The lowest BCUT2D eigenvalue weighted by Crippen LogP contribution is -2.16. The van der Waals surface area contributed by atoms with E-state index in [1.165, 1.54) is 12.1 Å². The number of carbonyl (C=O) groups excluding carboxylic acids is 1. The number of hydrogen-bond donors (Lipinski definition) is 1. The third-order valence-corrected chi connectivity index (χ3v) is 3.22. The fourth-order valence-electron chi connectivity index (χ4n) is 2.29. The van der Waals surface area contributed by atoms with Gasteiger partial charge in [-0.2, -0.15) is 0 Å². The van der Waals surface area contributed by atoms with Crippen LogP contribution in [-0.2, 0) is 4.74 Å². The second-order valence-corrected chi connectivity index (χ2v) is 4.53. The van der Waals surface area contributed by atoms with Crippen LogP contribution in [0.4, 0.5) is 0 Å². The minimum absolute atomic E-state index is 0.0618. The first kappa shape index (κ1) is 13.2. The van der Waals surface area contributed by atoms with Crippen molar-refractivity contribution in [3.05, 3.63) is 52.4 Å². The Morgan fingerprint density at radius 1 is 1.24 bits per heavy atom. The van der Waals surface area contributed by atoms with Gasteiger partial charge in [-0.25, -0.2) is 9.59 Å². The molecule has 21 heavy (non-hydrogen) atoms. The van der Waals surface area contributed by atoms with E-state index in [0.717, 1.165) is 10.8 Å². The van der Waals surface area contributed by atoms with Crippen LogP contribution in [0.5, 0.6) is 5.75 Å². The molecule has 0 amide bonds. The molecule has 0 radical (unpaired) electrons. The molecule has 106 valence electrons. The number of rotatable bonds is 2. The summed E-state index contributed by atoms with van der Waals surface area (Å²) in [5.74, 6) is -0.878. The van der Waals surface area contributed by atoms with E-state index in [1.54, 1.807) is 6.92 Å². The van der Waals surface area contributed by atoms with Crippen molar-refractivity contribution in [3.63, 3.8) is 0 Å². The standard InChI is InChI=1S/C16H12O5/c1-2-20-15(18)12-8-11-10-6-4-3-5-9(10)7-13(17)14(11)21-16(12)19/h3-8,17H,2H2,1H3. The second-order valence-electron chi connectivity index (χ2n) is 4.53. The summed E-state index contributed by atoms with van der Waals surface area (Å²) in [4.78, 5) is 23.6. The van der Waals surface area contributed by atoms with E-state index >= 15 is 0 Å². The van der Waals surface area contributed by atoms with Crippen LogP contribution < -0.4 is 5.63 Å². The van der Waals surface area contributed by atoms with E-state index in [2.05, 4.69) is 0 Å². The third-order valence-electron chi connectivity index (χ3n) is 3.22. The largest absolute Gasteiger partial charge is 0.504 e. The molecule has 3 aromatic rings. The van der Waals surface area contributed by atoms with Gasteiger partial charge in [0.1, 0.15) is 5.56 Å². The first-order chi connectivity index (χ1) is 10.1. The predicted octanol–water partition coefficient (Wildman–Crippen LogP) is 2.83. The van der Waals surface area contributed by atoms with Crippen LogP contribution in [0, 0.1) is 0 Å². The van der Waals surface area contributed by atoms with Crippen molar-refractivity contribution in [1.82, 2.24) is 0 Å². The molecule has 0 saturated carbocycles. The van der Waals surface area contributed by atoms with Gasteiger partial charge in [0.25, 0.3) is 0 Å². The van der Waals surface area contributed by atoms with E-state index in [0.29, 0.717) is 5.39 Å². The molecule has 0 aliphatic rings. The Morgan fingerprint density at radius 3 is 2.76 bits per heavy atom. The summed E-state index contributed by atoms with van der Waals surface area (Å²) < 4.78 is 9.93. The molecule has 0 aliphatic carbocycles. The summed E-state index contributed by atoms with van der Waals surface area (Å²) in [6.45, 7) is 1.82. The quantitative estimate of drug-likeness (QED) is 0.445. The van der Waals surface area contributed by atoms with Crippen LogP contribution in [0.25, 0.3) is 21.7 Å². The zero-order valence-electron chi connectivity index (χ0n) is 11.3. The minimum Gasteiger partial charge on any atom is -0.504 e. The van der Waals surface area contributed by atoms with E-state index in [1.807, 2.05) is 24.3 Å². The summed E-state index contributed by atoms with van der Waals surface area (Å²) in [6.07, 6.45) is 0. The van der Waals surface area contributed by atoms with Gasteiger partial charge in [0.05, 0.1) is 6.61 Å². The number of fused-ring (bicyclic) bond motifs is 3. The lowest BCUT2D eigenvalue weighted by atomic mass is 10.0. The third kappa shape index (κ3) is 2.12. The maximum atomic E-state index is 11.9. The highest BCUT2D eigenvalue weighted by atomic mass is 16.5. The molecule has 1 N–H and O–H groups in total. The molecule has 0 aliphatic heterocycles. The van der Waals surface area contributed by atoms with Crippen LogP contribution >= 0.6 is 0 Å². The van der Waals surface area contributed by atoms with Gasteiger partial charge in [0.2, 0.25) is 0 Å². The number of carbonyl (C=O) groups is 1. The zero-order chi connectivity index (χ0) is 15.0. The molecular weight excluding hydrogens is 272 g/mol. The van der Waals surface area contributed by atoms with E-state index in [4.69, 9.17) is 9.15 Å². The maximum Gasteiger partial charge on any atom is 0.351 e. The molecule has 0 atom stereocenters. The normalized spacial score (nSPS) is 10.9. The van der Waals surface area contributed by atoms with Crippen LogP contribution in [0.15, 0.2) is 45.6 Å². The van der Waals surface area contributed by atoms with Crippen LogP contribution in [-0.4, -0.2) is 17.7 Å². The van der Waals surface area contributed by atoms with Crippen LogP contribution in [0.2, 0.25) is 0 Å². The van der Waals surface area contributed by atoms with Gasteiger partial charge in [-0.3, -0.25) is 0 Å². The monoisotopic (exact) mass is 284 g/mol. The lowest BCUT2D eigenvalue weighted by Gasteiger charge is -2.07. The highest BCUT2D eigenvalue weighted by Crippen LogP contribution is 2.32. The molecule has 1 aromatic heterocycles. The average Bonchev–Trinajstić information content (AvgIpc) is 2.47. The Balaban J connectivity index is 2.40.